The van der Waals surface area contributed by atoms with E-state index < -0.39 is 0 Å². The minimum atomic E-state index is 0.564. The van der Waals surface area contributed by atoms with Crippen LogP contribution in [0.15, 0.2) is 48.5 Å². The predicted octanol–water partition coefficient (Wildman–Crippen LogP) is 4.10. The third-order valence-corrected chi connectivity index (χ3v) is 5.48. The molecule has 1 aromatic heterocycles. The molecule has 0 radical (unpaired) electrons. The van der Waals surface area contributed by atoms with Gasteiger partial charge in [0, 0.05) is 26.2 Å². The maximum atomic E-state index is 5.23. The zero-order valence-corrected chi connectivity index (χ0v) is 18.7. The lowest BCUT2D eigenvalue weighted by molar-refractivity contribution is 0.414. The molecule has 0 aliphatic carbocycles. The molecule has 0 unspecified atom stereocenters. The Hall–Kier alpha value is -3.55. The highest BCUT2D eigenvalue weighted by Crippen LogP contribution is 2.20. The van der Waals surface area contributed by atoms with Gasteiger partial charge in [-0.05, 0) is 54.7 Å². The lowest BCUT2D eigenvalue weighted by Crippen LogP contribution is -2.31. The first kappa shape index (κ1) is 21.7. The highest BCUT2D eigenvalue weighted by Gasteiger charge is 2.16. The fourth-order valence-electron chi connectivity index (χ4n) is 3.61. The zero-order chi connectivity index (χ0) is 22.2. The smallest absolute Gasteiger partial charge is 0.231 e. The van der Waals surface area contributed by atoms with E-state index in [1.165, 1.54) is 6.42 Å². The summed E-state index contributed by atoms with van der Waals surface area (Å²) in [6.45, 7) is 3.18. The van der Waals surface area contributed by atoms with Crippen molar-refractivity contribution in [1.82, 2.24) is 15.0 Å². The minimum Gasteiger partial charge on any atom is -0.497 e. The number of hydrogen-bond acceptors (Lipinski definition) is 8. The molecule has 0 spiro atoms. The van der Waals surface area contributed by atoms with Gasteiger partial charge < -0.3 is 25.0 Å². The van der Waals surface area contributed by atoms with Gasteiger partial charge in [-0.15, -0.1) is 0 Å². The summed E-state index contributed by atoms with van der Waals surface area (Å²) in [4.78, 5) is 16.2. The number of ether oxygens (including phenoxy) is 2. The molecule has 8 heteroatoms. The maximum absolute atomic E-state index is 5.23. The van der Waals surface area contributed by atoms with Crippen LogP contribution in [0.2, 0.25) is 0 Å². The van der Waals surface area contributed by atoms with Crippen LogP contribution in [-0.4, -0.2) is 42.3 Å². The van der Waals surface area contributed by atoms with Crippen LogP contribution in [0.1, 0.15) is 30.4 Å². The first-order valence-electron chi connectivity index (χ1n) is 11.0. The van der Waals surface area contributed by atoms with E-state index in [4.69, 9.17) is 19.4 Å². The van der Waals surface area contributed by atoms with Gasteiger partial charge in [0.05, 0.1) is 14.2 Å². The monoisotopic (exact) mass is 434 g/mol. The molecule has 0 bridgehead atoms. The predicted molar refractivity (Wildman–Crippen MR) is 127 cm³/mol. The highest BCUT2D eigenvalue weighted by molar-refractivity contribution is 5.45. The summed E-state index contributed by atoms with van der Waals surface area (Å²) in [5, 5.41) is 6.69. The van der Waals surface area contributed by atoms with Crippen molar-refractivity contribution >= 4 is 17.8 Å². The molecule has 2 N–H and O–H groups in total. The summed E-state index contributed by atoms with van der Waals surface area (Å²) >= 11 is 0. The van der Waals surface area contributed by atoms with E-state index in [0.717, 1.165) is 48.6 Å². The van der Waals surface area contributed by atoms with Gasteiger partial charge in [0.2, 0.25) is 17.8 Å². The number of rotatable bonds is 9. The quantitative estimate of drug-likeness (QED) is 0.521. The van der Waals surface area contributed by atoms with Gasteiger partial charge in [0.1, 0.15) is 11.5 Å². The van der Waals surface area contributed by atoms with E-state index in [-0.39, 0.29) is 0 Å². The van der Waals surface area contributed by atoms with Crippen LogP contribution in [0.4, 0.5) is 17.8 Å². The number of nitrogens with one attached hydrogen (secondary N) is 2. The standard InChI is InChI=1S/C24H30N6O2/c1-31-20-10-6-18(7-11-20)16-25-22-27-23(26-17-19-8-12-21(32-2)13-9-19)29-24(28-22)30-14-4-3-5-15-30/h6-13H,3-5,14-17H2,1-2H3,(H2,25,26,27,28,29). The van der Waals surface area contributed by atoms with E-state index in [1.54, 1.807) is 14.2 Å². The summed E-state index contributed by atoms with van der Waals surface area (Å²) in [5.41, 5.74) is 2.25. The van der Waals surface area contributed by atoms with E-state index >= 15 is 0 Å². The van der Waals surface area contributed by atoms with E-state index in [1.807, 2.05) is 48.5 Å². The second-order valence-electron chi connectivity index (χ2n) is 7.73. The average molecular weight is 435 g/mol. The molecular weight excluding hydrogens is 404 g/mol. The Kier molecular flexibility index (Phi) is 7.22. The SMILES string of the molecule is COc1ccc(CNc2nc(NCc3ccc(OC)cc3)nc(N3CCCCC3)n2)cc1. The first-order valence-corrected chi connectivity index (χ1v) is 11.0. The number of anilines is 3. The van der Waals surface area contributed by atoms with Crippen molar-refractivity contribution in [2.45, 2.75) is 32.4 Å². The minimum absolute atomic E-state index is 0.564. The molecule has 1 saturated heterocycles. The number of aromatic nitrogens is 3. The van der Waals surface area contributed by atoms with Crippen molar-refractivity contribution < 1.29 is 9.47 Å². The van der Waals surface area contributed by atoms with Crippen molar-refractivity contribution in [3.8, 4) is 11.5 Å². The summed E-state index contributed by atoms with van der Waals surface area (Å²) in [5.74, 6) is 3.52. The Morgan fingerprint density at radius 1 is 0.688 bits per heavy atom. The van der Waals surface area contributed by atoms with E-state index in [0.29, 0.717) is 30.9 Å². The molecule has 4 rings (SSSR count). The Bertz CT molecular complexity index is 919. The molecule has 1 fully saturated rings. The summed E-state index contributed by atoms with van der Waals surface area (Å²) < 4.78 is 10.5. The molecule has 8 nitrogen and oxygen atoms in total. The molecule has 2 heterocycles. The van der Waals surface area contributed by atoms with Crippen LogP contribution >= 0.6 is 0 Å². The van der Waals surface area contributed by atoms with Crippen molar-refractivity contribution in [2.24, 2.45) is 0 Å². The summed E-state index contributed by atoms with van der Waals surface area (Å²) in [6.07, 6.45) is 3.58. The van der Waals surface area contributed by atoms with Crippen LogP contribution < -0.4 is 25.0 Å². The molecule has 1 aliphatic rings. The Balaban J connectivity index is 1.48. The number of benzene rings is 2. The topological polar surface area (TPSA) is 84.4 Å². The van der Waals surface area contributed by atoms with Crippen LogP contribution in [0, 0.1) is 0 Å². The van der Waals surface area contributed by atoms with Gasteiger partial charge >= 0.3 is 0 Å². The second kappa shape index (κ2) is 10.7. The van der Waals surface area contributed by atoms with Crippen molar-refractivity contribution in [3.63, 3.8) is 0 Å². The molecule has 0 amide bonds. The summed E-state index contributed by atoms with van der Waals surface area (Å²) in [6, 6.07) is 15.9. The van der Waals surface area contributed by atoms with Crippen molar-refractivity contribution in [1.29, 1.82) is 0 Å². The molecule has 168 valence electrons. The van der Waals surface area contributed by atoms with Gasteiger partial charge in [0.15, 0.2) is 0 Å². The van der Waals surface area contributed by atoms with Gasteiger partial charge in [-0.3, -0.25) is 0 Å². The van der Waals surface area contributed by atoms with Crippen LogP contribution in [0.25, 0.3) is 0 Å². The molecule has 3 aromatic rings. The Morgan fingerprint density at radius 3 is 1.59 bits per heavy atom. The van der Waals surface area contributed by atoms with Crippen LogP contribution in [-0.2, 0) is 13.1 Å². The van der Waals surface area contributed by atoms with E-state index in [9.17, 15) is 0 Å². The fourth-order valence-corrected chi connectivity index (χ4v) is 3.61. The van der Waals surface area contributed by atoms with E-state index in [2.05, 4.69) is 20.5 Å². The number of methoxy groups -OCH3 is 2. The number of nitrogens with zero attached hydrogens (tertiary/aromatic N) is 4. The third kappa shape index (κ3) is 5.78. The zero-order valence-electron chi connectivity index (χ0n) is 18.7. The number of hydrogen-bond donors (Lipinski definition) is 2. The Morgan fingerprint density at radius 2 is 1.16 bits per heavy atom. The lowest BCUT2D eigenvalue weighted by atomic mass is 10.1. The van der Waals surface area contributed by atoms with Crippen LogP contribution in [0.3, 0.4) is 0 Å². The lowest BCUT2D eigenvalue weighted by Gasteiger charge is -2.27. The van der Waals surface area contributed by atoms with Crippen molar-refractivity contribution in [2.75, 3.05) is 42.8 Å². The Labute approximate surface area is 189 Å². The molecule has 0 saturated carbocycles. The van der Waals surface area contributed by atoms with Crippen molar-refractivity contribution in [3.05, 3.63) is 59.7 Å². The molecule has 1 aliphatic heterocycles. The largest absolute Gasteiger partial charge is 0.497 e. The molecule has 0 atom stereocenters. The van der Waals surface area contributed by atoms with Gasteiger partial charge in [-0.25, -0.2) is 0 Å². The summed E-state index contributed by atoms with van der Waals surface area (Å²) in [7, 11) is 3.33. The third-order valence-electron chi connectivity index (χ3n) is 5.48. The average Bonchev–Trinajstić information content (AvgIpc) is 2.87. The molecule has 32 heavy (non-hydrogen) atoms. The fraction of sp³-hybridized carbons (Fsp3) is 0.375. The van der Waals surface area contributed by atoms with Gasteiger partial charge in [0.25, 0.3) is 0 Å². The normalized spacial score (nSPS) is 13.5. The molecular formula is C24H30N6O2. The van der Waals surface area contributed by atoms with Gasteiger partial charge in [-0.1, -0.05) is 24.3 Å². The number of piperidine rings is 1. The second-order valence-corrected chi connectivity index (χ2v) is 7.73. The maximum Gasteiger partial charge on any atom is 0.231 e. The molecule has 2 aromatic carbocycles. The van der Waals surface area contributed by atoms with Crippen LogP contribution in [0.5, 0.6) is 11.5 Å². The highest BCUT2D eigenvalue weighted by atomic mass is 16.5. The first-order chi connectivity index (χ1) is 15.7. The van der Waals surface area contributed by atoms with Gasteiger partial charge in [-0.2, -0.15) is 15.0 Å².